The van der Waals surface area contributed by atoms with E-state index >= 15 is 0 Å². The van der Waals surface area contributed by atoms with E-state index in [-0.39, 0.29) is 18.5 Å². The van der Waals surface area contributed by atoms with E-state index in [2.05, 4.69) is 10.3 Å². The maximum Gasteiger partial charge on any atom is 0.213 e. The molecule has 1 aromatic carbocycles. The molecular weight excluding hydrogens is 331 g/mol. The van der Waals surface area contributed by atoms with Crippen LogP contribution in [-0.2, 0) is 6.54 Å². The first-order valence-electron chi connectivity index (χ1n) is 6.37. The van der Waals surface area contributed by atoms with Crippen molar-refractivity contribution in [3.63, 3.8) is 0 Å². The normalized spacial score (nSPS) is 11.6. The molecule has 0 aliphatic heterocycles. The van der Waals surface area contributed by atoms with Gasteiger partial charge < -0.3 is 10.1 Å². The number of pyridine rings is 1. The molecule has 0 radical (unpaired) electrons. The maximum absolute atomic E-state index is 5.97. The van der Waals surface area contributed by atoms with Crippen LogP contribution in [-0.4, -0.2) is 17.6 Å². The summed E-state index contributed by atoms with van der Waals surface area (Å²) in [4.78, 5) is 4.12. The Hall–Kier alpha value is -1.00. The first-order chi connectivity index (χ1) is 9.65. The number of halogens is 3. The largest absolute Gasteiger partial charge is 0.473 e. The molecule has 2 aromatic rings. The van der Waals surface area contributed by atoms with Gasteiger partial charge in [-0.25, -0.2) is 4.98 Å². The number of benzene rings is 1. The molecular formula is C15H17Cl3N2O. The van der Waals surface area contributed by atoms with E-state index in [1.165, 1.54) is 0 Å². The van der Waals surface area contributed by atoms with Gasteiger partial charge in [-0.3, -0.25) is 0 Å². The van der Waals surface area contributed by atoms with E-state index in [4.69, 9.17) is 27.9 Å². The SMILES string of the molecule is CC(CNCc1ccc(Cl)c(Cl)c1)Oc1ccccn1.Cl. The zero-order valence-electron chi connectivity index (χ0n) is 11.6. The Morgan fingerprint density at radius 1 is 1.19 bits per heavy atom. The Morgan fingerprint density at radius 3 is 2.67 bits per heavy atom. The fourth-order valence-electron chi connectivity index (χ4n) is 1.73. The summed E-state index contributed by atoms with van der Waals surface area (Å²) in [7, 11) is 0. The van der Waals surface area contributed by atoms with Gasteiger partial charge in [-0.2, -0.15) is 0 Å². The van der Waals surface area contributed by atoms with Crippen molar-refractivity contribution in [1.82, 2.24) is 10.3 Å². The molecule has 0 saturated carbocycles. The summed E-state index contributed by atoms with van der Waals surface area (Å²) in [6, 6.07) is 11.2. The van der Waals surface area contributed by atoms with Gasteiger partial charge in [0.1, 0.15) is 6.10 Å². The molecule has 6 heteroatoms. The summed E-state index contributed by atoms with van der Waals surface area (Å²) in [6.07, 6.45) is 1.75. The van der Waals surface area contributed by atoms with Crippen LogP contribution in [0.1, 0.15) is 12.5 Å². The van der Waals surface area contributed by atoms with Gasteiger partial charge in [-0.05, 0) is 30.7 Å². The van der Waals surface area contributed by atoms with E-state index < -0.39 is 0 Å². The number of nitrogens with one attached hydrogen (secondary N) is 1. The minimum absolute atomic E-state index is 0. The van der Waals surface area contributed by atoms with E-state index in [9.17, 15) is 0 Å². The third kappa shape index (κ3) is 6.10. The zero-order valence-corrected chi connectivity index (χ0v) is 13.9. The van der Waals surface area contributed by atoms with Gasteiger partial charge in [0.25, 0.3) is 0 Å². The molecule has 1 aromatic heterocycles. The average Bonchev–Trinajstić information content (AvgIpc) is 2.44. The van der Waals surface area contributed by atoms with E-state index in [1.807, 2.05) is 37.3 Å². The van der Waals surface area contributed by atoms with Crippen LogP contribution in [0.25, 0.3) is 0 Å². The minimum Gasteiger partial charge on any atom is -0.473 e. The molecule has 1 unspecified atom stereocenters. The predicted molar refractivity (Wildman–Crippen MR) is 89.7 cm³/mol. The van der Waals surface area contributed by atoms with Crippen molar-refractivity contribution >= 4 is 35.6 Å². The third-order valence-corrected chi connectivity index (χ3v) is 3.44. The van der Waals surface area contributed by atoms with Crippen molar-refractivity contribution in [3.8, 4) is 5.88 Å². The van der Waals surface area contributed by atoms with Crippen LogP contribution in [0.15, 0.2) is 42.6 Å². The first kappa shape index (κ1) is 18.1. The molecule has 0 fully saturated rings. The van der Waals surface area contributed by atoms with Gasteiger partial charge >= 0.3 is 0 Å². The lowest BCUT2D eigenvalue weighted by Crippen LogP contribution is -2.28. The lowest BCUT2D eigenvalue weighted by molar-refractivity contribution is 0.208. The third-order valence-electron chi connectivity index (χ3n) is 2.70. The maximum atomic E-state index is 5.97. The highest BCUT2D eigenvalue weighted by Crippen LogP contribution is 2.22. The van der Waals surface area contributed by atoms with Gasteiger partial charge in [0.15, 0.2) is 0 Å². The van der Waals surface area contributed by atoms with Crippen LogP contribution in [0.5, 0.6) is 5.88 Å². The van der Waals surface area contributed by atoms with Crippen molar-refractivity contribution in [2.45, 2.75) is 19.6 Å². The molecule has 21 heavy (non-hydrogen) atoms. The fourth-order valence-corrected chi connectivity index (χ4v) is 2.05. The molecule has 0 aliphatic carbocycles. The second-order valence-corrected chi connectivity index (χ2v) is 5.29. The van der Waals surface area contributed by atoms with Gasteiger partial charge in [0.05, 0.1) is 10.0 Å². The molecule has 2 rings (SSSR count). The van der Waals surface area contributed by atoms with Gasteiger partial charge in [0.2, 0.25) is 5.88 Å². The van der Waals surface area contributed by atoms with Crippen LogP contribution in [0.2, 0.25) is 10.0 Å². The molecule has 0 saturated heterocycles. The summed E-state index contributed by atoms with van der Waals surface area (Å²) in [5, 5.41) is 4.46. The van der Waals surface area contributed by atoms with Crippen LogP contribution in [0, 0.1) is 0 Å². The minimum atomic E-state index is 0. The molecule has 114 valence electrons. The summed E-state index contributed by atoms with van der Waals surface area (Å²) >= 11 is 11.8. The van der Waals surface area contributed by atoms with Crippen molar-refractivity contribution in [1.29, 1.82) is 0 Å². The lowest BCUT2D eigenvalue weighted by Gasteiger charge is -2.14. The molecule has 1 N–H and O–H groups in total. The number of hydrogen-bond donors (Lipinski definition) is 1. The molecule has 0 bridgehead atoms. The standard InChI is InChI=1S/C15H16Cl2N2O.ClH/c1-11(20-15-4-2-3-7-19-15)9-18-10-12-5-6-13(16)14(17)8-12;/h2-8,11,18H,9-10H2,1H3;1H. The summed E-state index contributed by atoms with van der Waals surface area (Å²) < 4.78 is 5.67. The smallest absolute Gasteiger partial charge is 0.213 e. The second-order valence-electron chi connectivity index (χ2n) is 4.48. The Bertz CT molecular complexity index is 552. The number of ether oxygens (including phenoxy) is 1. The quantitative estimate of drug-likeness (QED) is 0.842. The molecule has 0 amide bonds. The second kappa shape index (κ2) is 9.11. The highest BCUT2D eigenvalue weighted by Gasteiger charge is 2.05. The highest BCUT2D eigenvalue weighted by molar-refractivity contribution is 6.42. The Kier molecular flexibility index (Phi) is 7.83. The highest BCUT2D eigenvalue weighted by atomic mass is 35.5. The van der Waals surface area contributed by atoms with Gasteiger partial charge in [0, 0.05) is 25.4 Å². The Balaban J connectivity index is 0.00000220. The number of nitrogens with zero attached hydrogens (tertiary/aromatic N) is 1. The van der Waals surface area contributed by atoms with Crippen LogP contribution in [0.3, 0.4) is 0 Å². The van der Waals surface area contributed by atoms with E-state index in [0.29, 0.717) is 22.5 Å². The van der Waals surface area contributed by atoms with Crippen LogP contribution < -0.4 is 10.1 Å². The topological polar surface area (TPSA) is 34.1 Å². The summed E-state index contributed by atoms with van der Waals surface area (Å²) in [5.41, 5.74) is 1.09. The summed E-state index contributed by atoms with van der Waals surface area (Å²) in [5.74, 6) is 0.635. The number of hydrogen-bond acceptors (Lipinski definition) is 3. The zero-order chi connectivity index (χ0) is 14.4. The monoisotopic (exact) mass is 346 g/mol. The molecule has 1 atom stereocenters. The predicted octanol–water partition coefficient (Wildman–Crippen LogP) is 4.37. The van der Waals surface area contributed by atoms with Crippen molar-refractivity contribution in [2.24, 2.45) is 0 Å². The van der Waals surface area contributed by atoms with Crippen LogP contribution >= 0.6 is 35.6 Å². The van der Waals surface area contributed by atoms with Crippen molar-refractivity contribution in [3.05, 3.63) is 58.2 Å². The average molecular weight is 348 g/mol. The number of aromatic nitrogens is 1. The van der Waals surface area contributed by atoms with Crippen LogP contribution in [0.4, 0.5) is 0 Å². The number of rotatable bonds is 6. The Labute approximate surface area is 141 Å². The lowest BCUT2D eigenvalue weighted by atomic mass is 10.2. The van der Waals surface area contributed by atoms with Gasteiger partial charge in [-0.15, -0.1) is 12.4 Å². The Morgan fingerprint density at radius 2 is 2.00 bits per heavy atom. The van der Waals surface area contributed by atoms with Crippen molar-refractivity contribution < 1.29 is 4.74 Å². The molecule has 3 nitrogen and oxygen atoms in total. The summed E-state index contributed by atoms with van der Waals surface area (Å²) in [6.45, 7) is 3.43. The molecule has 0 aliphatic rings. The fraction of sp³-hybridized carbons (Fsp3) is 0.267. The van der Waals surface area contributed by atoms with E-state index in [0.717, 1.165) is 12.1 Å². The van der Waals surface area contributed by atoms with Crippen molar-refractivity contribution in [2.75, 3.05) is 6.54 Å². The first-order valence-corrected chi connectivity index (χ1v) is 7.13. The van der Waals surface area contributed by atoms with E-state index in [1.54, 1.807) is 12.3 Å². The molecule has 0 spiro atoms. The van der Waals surface area contributed by atoms with Gasteiger partial charge in [-0.1, -0.05) is 35.3 Å². The molecule has 1 heterocycles.